The van der Waals surface area contributed by atoms with Gasteiger partial charge in [-0.1, -0.05) is 6.07 Å². The number of likely N-dealkylation sites (N-methyl/N-ethyl adjacent to an activating group) is 1. The van der Waals surface area contributed by atoms with E-state index in [-0.39, 0.29) is 17.9 Å². The third kappa shape index (κ3) is 2.40. The summed E-state index contributed by atoms with van der Waals surface area (Å²) in [5.41, 5.74) is 1.58. The van der Waals surface area contributed by atoms with E-state index in [9.17, 15) is 13.6 Å². The number of carbonyl (C=O) groups excluding carboxylic acids is 1. The van der Waals surface area contributed by atoms with Crippen LogP contribution in [0.1, 0.15) is 22.6 Å². The van der Waals surface area contributed by atoms with Crippen molar-refractivity contribution in [2.45, 2.75) is 12.0 Å². The van der Waals surface area contributed by atoms with E-state index < -0.39 is 17.6 Å². The first-order valence-corrected chi connectivity index (χ1v) is 7.82. The second-order valence-corrected chi connectivity index (χ2v) is 6.28. The van der Waals surface area contributed by atoms with Crippen molar-refractivity contribution < 1.29 is 13.6 Å². The van der Waals surface area contributed by atoms with Crippen LogP contribution in [0.15, 0.2) is 47.5 Å². The molecule has 1 aliphatic heterocycles. The Hall–Kier alpha value is -3.07. The van der Waals surface area contributed by atoms with Crippen molar-refractivity contribution in [1.82, 2.24) is 4.90 Å². The quantitative estimate of drug-likeness (QED) is 0.847. The monoisotopic (exact) mass is 337 g/mol. The van der Waals surface area contributed by atoms with Gasteiger partial charge in [-0.25, -0.2) is 8.78 Å². The maximum absolute atomic E-state index is 14.1. The van der Waals surface area contributed by atoms with Crippen LogP contribution in [0, 0.1) is 28.9 Å². The number of amidine groups is 1. The number of nitrogens with zero attached hydrogens (tertiary/aromatic N) is 3. The summed E-state index contributed by atoms with van der Waals surface area (Å²) in [5.74, 6) is -1.82. The molecule has 2 aromatic carbocycles. The number of hydrogen-bond donors (Lipinski definition) is 0. The molecule has 1 aliphatic carbocycles. The third-order valence-corrected chi connectivity index (χ3v) is 4.86. The molecule has 2 aromatic rings. The minimum absolute atomic E-state index is 0.199. The summed E-state index contributed by atoms with van der Waals surface area (Å²) in [6.07, 6.45) is 0. The van der Waals surface area contributed by atoms with Crippen LogP contribution in [-0.2, 0) is 4.79 Å². The molecule has 1 fully saturated rings. The van der Waals surface area contributed by atoms with Gasteiger partial charge in [0.05, 0.1) is 23.6 Å². The Bertz CT molecular complexity index is 946. The van der Waals surface area contributed by atoms with Crippen LogP contribution >= 0.6 is 0 Å². The molecule has 0 spiro atoms. The van der Waals surface area contributed by atoms with Crippen molar-refractivity contribution in [3.8, 4) is 6.07 Å². The van der Waals surface area contributed by atoms with Crippen molar-refractivity contribution in [3.05, 3.63) is 70.8 Å². The lowest BCUT2D eigenvalue weighted by atomic mass is 10.1. The summed E-state index contributed by atoms with van der Waals surface area (Å²) < 4.78 is 27.2. The van der Waals surface area contributed by atoms with Crippen LogP contribution in [0.3, 0.4) is 0 Å². The second-order valence-electron chi connectivity index (χ2n) is 6.28. The lowest BCUT2D eigenvalue weighted by Crippen LogP contribution is -2.36. The molecule has 3 unspecified atom stereocenters. The molecule has 2 aliphatic rings. The Labute approximate surface area is 143 Å². The Kier molecular flexibility index (Phi) is 3.39. The SMILES string of the molecule is CN1C(c2ccc(C#N)cc2)=NC(=O)C2C(c3ccc(F)cc3F)C21. The molecular formula is C19H13F2N3O. The van der Waals surface area contributed by atoms with Crippen LogP contribution < -0.4 is 0 Å². The number of nitriles is 1. The molecule has 4 nitrogen and oxygen atoms in total. The molecule has 1 heterocycles. The van der Waals surface area contributed by atoms with Gasteiger partial charge in [0, 0.05) is 24.6 Å². The van der Waals surface area contributed by atoms with E-state index in [1.807, 2.05) is 18.0 Å². The average molecular weight is 337 g/mol. The van der Waals surface area contributed by atoms with Crippen LogP contribution in [-0.4, -0.2) is 29.7 Å². The second kappa shape index (κ2) is 5.49. The van der Waals surface area contributed by atoms with Gasteiger partial charge in [-0.15, -0.1) is 0 Å². The predicted molar refractivity (Wildman–Crippen MR) is 86.8 cm³/mol. The Balaban J connectivity index is 1.66. The molecule has 0 radical (unpaired) electrons. The van der Waals surface area contributed by atoms with Crippen molar-refractivity contribution >= 4 is 11.7 Å². The molecule has 4 rings (SSSR count). The number of hydrogen-bond acceptors (Lipinski definition) is 3. The highest BCUT2D eigenvalue weighted by Crippen LogP contribution is 2.54. The summed E-state index contributed by atoms with van der Waals surface area (Å²) in [5, 5.41) is 8.88. The number of rotatable bonds is 2. The van der Waals surface area contributed by atoms with Gasteiger partial charge in [-0.3, -0.25) is 4.79 Å². The number of aliphatic imine (C=N–C) groups is 1. The summed E-state index contributed by atoms with van der Waals surface area (Å²) in [4.78, 5) is 18.4. The Morgan fingerprint density at radius 2 is 1.84 bits per heavy atom. The van der Waals surface area contributed by atoms with Gasteiger partial charge < -0.3 is 4.90 Å². The zero-order valence-corrected chi connectivity index (χ0v) is 13.3. The molecule has 124 valence electrons. The highest BCUT2D eigenvalue weighted by atomic mass is 19.1. The number of amides is 1. The van der Waals surface area contributed by atoms with Crippen molar-refractivity contribution in [1.29, 1.82) is 5.26 Å². The van der Waals surface area contributed by atoms with Crippen molar-refractivity contribution in [2.24, 2.45) is 10.9 Å². The first-order chi connectivity index (χ1) is 12.0. The lowest BCUT2D eigenvalue weighted by molar-refractivity contribution is -0.119. The number of carbonyl (C=O) groups is 1. The molecule has 1 saturated carbocycles. The summed E-state index contributed by atoms with van der Waals surface area (Å²) in [7, 11) is 1.81. The van der Waals surface area contributed by atoms with Crippen molar-refractivity contribution in [2.75, 3.05) is 7.05 Å². The van der Waals surface area contributed by atoms with Gasteiger partial charge >= 0.3 is 0 Å². The molecular weight excluding hydrogens is 324 g/mol. The molecule has 0 saturated heterocycles. The van der Waals surface area contributed by atoms with Gasteiger partial charge in [0.25, 0.3) is 5.91 Å². The van der Waals surface area contributed by atoms with E-state index in [1.54, 1.807) is 24.3 Å². The molecule has 1 amide bonds. The van der Waals surface area contributed by atoms with Crippen LogP contribution in [0.4, 0.5) is 8.78 Å². The van der Waals surface area contributed by atoms with Gasteiger partial charge in [0.1, 0.15) is 17.5 Å². The van der Waals surface area contributed by atoms with E-state index >= 15 is 0 Å². The first-order valence-electron chi connectivity index (χ1n) is 7.82. The average Bonchev–Trinajstić information content (AvgIpc) is 3.34. The fourth-order valence-electron chi connectivity index (χ4n) is 3.59. The van der Waals surface area contributed by atoms with E-state index in [0.717, 1.165) is 11.6 Å². The summed E-state index contributed by atoms with van der Waals surface area (Å²) >= 11 is 0. The van der Waals surface area contributed by atoms with Crippen LogP contribution in [0.2, 0.25) is 0 Å². The molecule has 25 heavy (non-hydrogen) atoms. The van der Waals surface area contributed by atoms with Crippen LogP contribution in [0.25, 0.3) is 0 Å². The normalized spacial score (nSPS) is 24.4. The first kappa shape index (κ1) is 15.5. The standard InChI is InChI=1S/C19H13F2N3O/c1-24-17-15(13-7-6-12(20)8-14(13)21)16(17)19(25)23-18(24)11-4-2-10(9-22)3-5-11/h2-8,15-17H,1H3. The number of fused-ring (bicyclic) bond motifs is 1. The summed E-state index contributed by atoms with van der Waals surface area (Å²) in [6, 6.07) is 12.1. The molecule has 0 aromatic heterocycles. The molecule has 3 atom stereocenters. The summed E-state index contributed by atoms with van der Waals surface area (Å²) in [6.45, 7) is 0. The predicted octanol–water partition coefficient (Wildman–Crippen LogP) is 2.84. The van der Waals surface area contributed by atoms with Gasteiger partial charge in [0.15, 0.2) is 0 Å². The van der Waals surface area contributed by atoms with E-state index in [1.165, 1.54) is 12.1 Å². The highest BCUT2D eigenvalue weighted by molar-refractivity contribution is 6.09. The van der Waals surface area contributed by atoms with E-state index in [0.29, 0.717) is 17.0 Å². The number of halogens is 2. The largest absolute Gasteiger partial charge is 0.355 e. The fourth-order valence-corrected chi connectivity index (χ4v) is 3.59. The smallest absolute Gasteiger partial charge is 0.253 e. The molecule has 0 N–H and O–H groups in total. The zero-order valence-electron chi connectivity index (χ0n) is 13.3. The molecule has 6 heteroatoms. The topological polar surface area (TPSA) is 56.5 Å². The van der Waals surface area contributed by atoms with Crippen LogP contribution in [0.5, 0.6) is 0 Å². The zero-order chi connectivity index (χ0) is 17.7. The maximum Gasteiger partial charge on any atom is 0.253 e. The van der Waals surface area contributed by atoms with E-state index in [2.05, 4.69) is 4.99 Å². The van der Waals surface area contributed by atoms with Gasteiger partial charge in [-0.2, -0.15) is 10.3 Å². The highest BCUT2D eigenvalue weighted by Gasteiger charge is 2.61. The van der Waals surface area contributed by atoms with Gasteiger partial charge in [0.2, 0.25) is 0 Å². The minimum atomic E-state index is -0.640. The maximum atomic E-state index is 14.1. The number of benzene rings is 2. The minimum Gasteiger partial charge on any atom is -0.355 e. The Morgan fingerprint density at radius 3 is 2.48 bits per heavy atom. The van der Waals surface area contributed by atoms with Crippen molar-refractivity contribution in [3.63, 3.8) is 0 Å². The lowest BCUT2D eigenvalue weighted by Gasteiger charge is -2.24. The third-order valence-electron chi connectivity index (χ3n) is 4.86. The van der Waals surface area contributed by atoms with Gasteiger partial charge in [-0.05, 0) is 35.9 Å². The Morgan fingerprint density at radius 1 is 1.12 bits per heavy atom. The van der Waals surface area contributed by atoms with E-state index in [4.69, 9.17) is 5.26 Å². The molecule has 0 bridgehead atoms. The fraction of sp³-hybridized carbons (Fsp3) is 0.211.